The number of nitrogens with zero attached hydrogens (tertiary/aromatic N) is 6. The van der Waals surface area contributed by atoms with E-state index in [1.54, 1.807) is 35.0 Å². The number of aryl methyl sites for hydroxylation is 1. The molecule has 2 aromatic heterocycles. The number of hydrogen-bond donors (Lipinski definition) is 1. The molecule has 1 aromatic carbocycles. The Kier molecular flexibility index (Phi) is 6.62. The monoisotopic (exact) mass is 449 g/mol. The van der Waals surface area contributed by atoms with Gasteiger partial charge in [0.15, 0.2) is 5.69 Å². The van der Waals surface area contributed by atoms with E-state index in [9.17, 15) is 9.59 Å². The first-order valence-electron chi connectivity index (χ1n) is 10.9. The van der Waals surface area contributed by atoms with Crippen molar-refractivity contribution < 1.29 is 14.3 Å². The van der Waals surface area contributed by atoms with E-state index >= 15 is 0 Å². The second kappa shape index (κ2) is 9.76. The summed E-state index contributed by atoms with van der Waals surface area (Å²) in [6, 6.07) is 9.00. The molecule has 1 amide bonds. The quantitative estimate of drug-likeness (QED) is 0.370. The van der Waals surface area contributed by atoms with Crippen molar-refractivity contribution in [3.63, 3.8) is 0 Å². The number of nitrogens with one attached hydrogen (secondary N) is 1. The van der Waals surface area contributed by atoms with Crippen LogP contribution < -0.4 is 15.0 Å². The van der Waals surface area contributed by atoms with Gasteiger partial charge in [-0.1, -0.05) is 5.21 Å². The maximum atomic E-state index is 12.7. The van der Waals surface area contributed by atoms with Crippen LogP contribution in [0.3, 0.4) is 0 Å². The fraction of sp³-hybridized carbons (Fsp3) is 0.391. The Labute approximate surface area is 192 Å². The highest BCUT2D eigenvalue weighted by Gasteiger charge is 2.27. The molecule has 1 saturated carbocycles. The molecule has 4 rings (SSSR count). The average Bonchev–Trinajstić information content (AvgIpc) is 3.52. The number of carbonyl (C=O) groups excluding carboxylic acids is 2. The molecule has 0 aliphatic heterocycles. The second-order valence-corrected chi connectivity index (χ2v) is 8.25. The smallest absolute Gasteiger partial charge is 0.273 e. The van der Waals surface area contributed by atoms with Gasteiger partial charge in [-0.3, -0.25) is 9.59 Å². The van der Waals surface area contributed by atoms with Gasteiger partial charge in [0.05, 0.1) is 18.0 Å². The highest BCUT2D eigenvalue weighted by atomic mass is 16.5. The first kappa shape index (κ1) is 22.4. The van der Waals surface area contributed by atoms with Crippen molar-refractivity contribution >= 4 is 18.1 Å². The summed E-state index contributed by atoms with van der Waals surface area (Å²) in [7, 11) is 3.76. The van der Waals surface area contributed by atoms with Crippen molar-refractivity contribution in [1.82, 2.24) is 30.3 Å². The molecule has 33 heavy (non-hydrogen) atoms. The van der Waals surface area contributed by atoms with Gasteiger partial charge in [-0.25, -0.2) is 9.67 Å². The number of rotatable bonds is 10. The number of anilines is 1. The lowest BCUT2D eigenvalue weighted by Crippen LogP contribution is -2.27. The molecular weight excluding hydrogens is 422 g/mol. The van der Waals surface area contributed by atoms with Crippen molar-refractivity contribution in [2.24, 2.45) is 0 Å². The van der Waals surface area contributed by atoms with Crippen LogP contribution in [0.2, 0.25) is 0 Å². The van der Waals surface area contributed by atoms with Crippen LogP contribution in [0, 0.1) is 6.92 Å². The molecule has 1 fully saturated rings. The van der Waals surface area contributed by atoms with Gasteiger partial charge < -0.3 is 15.0 Å². The largest absolute Gasteiger partial charge is 0.478 e. The Hall–Kier alpha value is -3.82. The van der Waals surface area contributed by atoms with Crippen molar-refractivity contribution in [3.05, 3.63) is 53.0 Å². The summed E-state index contributed by atoms with van der Waals surface area (Å²) in [6.45, 7) is 2.30. The number of aromatic nitrogens is 5. The van der Waals surface area contributed by atoms with E-state index < -0.39 is 0 Å². The Bertz CT molecular complexity index is 1140. The highest BCUT2D eigenvalue weighted by molar-refractivity contribution is 5.93. The molecule has 0 saturated heterocycles. The van der Waals surface area contributed by atoms with Gasteiger partial charge in [-0.2, -0.15) is 4.98 Å². The second-order valence-electron chi connectivity index (χ2n) is 8.25. The third-order valence-corrected chi connectivity index (χ3v) is 5.19. The van der Waals surface area contributed by atoms with Gasteiger partial charge in [0.25, 0.3) is 5.91 Å². The van der Waals surface area contributed by atoms with Crippen LogP contribution in [0.25, 0.3) is 5.69 Å². The predicted octanol–water partition coefficient (Wildman–Crippen LogP) is 2.15. The maximum absolute atomic E-state index is 12.7. The Balaban J connectivity index is 1.49. The van der Waals surface area contributed by atoms with Gasteiger partial charge in [-0.15, -0.1) is 5.10 Å². The zero-order valence-electron chi connectivity index (χ0n) is 19.0. The standard InChI is InChI=1S/C23H27N7O3/c1-15-13-20(26-23(24-15)29(2)3)33-12-4-5-19-21(22(32)25-17-8-9-17)27-28-30(19)18-10-6-16(14-31)7-11-18/h6-7,10-11,13-14,17H,4-5,8-9,12H2,1-3H3,(H,25,32). The summed E-state index contributed by atoms with van der Waals surface area (Å²) in [5.74, 6) is 0.880. The normalized spacial score (nSPS) is 12.9. The maximum Gasteiger partial charge on any atom is 0.273 e. The van der Waals surface area contributed by atoms with E-state index in [2.05, 4.69) is 25.6 Å². The number of aldehydes is 1. The minimum absolute atomic E-state index is 0.216. The van der Waals surface area contributed by atoms with Crippen LogP contribution in [-0.4, -0.2) is 63.9 Å². The number of ether oxygens (including phenoxy) is 1. The molecule has 0 atom stereocenters. The molecule has 3 aromatic rings. The summed E-state index contributed by atoms with van der Waals surface area (Å²) < 4.78 is 7.51. The van der Waals surface area contributed by atoms with Crippen molar-refractivity contribution in [3.8, 4) is 11.6 Å². The molecule has 0 spiro atoms. The van der Waals surface area contributed by atoms with Crippen molar-refractivity contribution in [2.45, 2.75) is 38.6 Å². The average molecular weight is 450 g/mol. The molecule has 10 heteroatoms. The lowest BCUT2D eigenvalue weighted by molar-refractivity contribution is 0.0944. The fourth-order valence-electron chi connectivity index (χ4n) is 3.30. The minimum atomic E-state index is -0.216. The number of amides is 1. The van der Waals surface area contributed by atoms with Crippen LogP contribution in [-0.2, 0) is 6.42 Å². The molecule has 1 aliphatic rings. The van der Waals surface area contributed by atoms with Crippen LogP contribution in [0.1, 0.15) is 51.5 Å². The van der Waals surface area contributed by atoms with E-state index in [4.69, 9.17) is 4.74 Å². The van der Waals surface area contributed by atoms with E-state index in [-0.39, 0.29) is 11.9 Å². The molecule has 1 N–H and O–H groups in total. The minimum Gasteiger partial charge on any atom is -0.478 e. The van der Waals surface area contributed by atoms with E-state index in [0.29, 0.717) is 48.2 Å². The lowest BCUT2D eigenvalue weighted by Gasteiger charge is -2.13. The first-order valence-corrected chi connectivity index (χ1v) is 10.9. The molecule has 10 nitrogen and oxygen atoms in total. The van der Waals surface area contributed by atoms with Crippen molar-refractivity contribution in [2.75, 3.05) is 25.6 Å². The third-order valence-electron chi connectivity index (χ3n) is 5.19. The van der Waals surface area contributed by atoms with Gasteiger partial charge in [0.1, 0.15) is 6.29 Å². The van der Waals surface area contributed by atoms with Gasteiger partial charge in [0.2, 0.25) is 11.8 Å². The van der Waals surface area contributed by atoms with Crippen LogP contribution >= 0.6 is 0 Å². The van der Waals surface area contributed by atoms with Gasteiger partial charge >= 0.3 is 0 Å². The van der Waals surface area contributed by atoms with Crippen molar-refractivity contribution in [1.29, 1.82) is 0 Å². The predicted molar refractivity (Wildman–Crippen MR) is 122 cm³/mol. The molecule has 1 aliphatic carbocycles. The molecule has 0 unspecified atom stereocenters. The molecular formula is C23H27N7O3. The van der Waals surface area contributed by atoms with E-state index in [0.717, 1.165) is 30.5 Å². The number of carbonyl (C=O) groups is 2. The molecule has 172 valence electrons. The number of benzene rings is 1. The number of hydrogen-bond acceptors (Lipinski definition) is 8. The Morgan fingerprint density at radius 2 is 2.00 bits per heavy atom. The summed E-state index contributed by atoms with van der Waals surface area (Å²) >= 11 is 0. The molecule has 0 radical (unpaired) electrons. The molecule has 2 heterocycles. The fourth-order valence-corrected chi connectivity index (χ4v) is 3.30. The lowest BCUT2D eigenvalue weighted by atomic mass is 10.1. The third kappa shape index (κ3) is 5.51. The van der Waals surface area contributed by atoms with Crippen LogP contribution in [0.15, 0.2) is 30.3 Å². The summed E-state index contributed by atoms with van der Waals surface area (Å²) in [5.41, 5.74) is 3.13. The highest BCUT2D eigenvalue weighted by Crippen LogP contribution is 2.21. The summed E-state index contributed by atoms with van der Waals surface area (Å²) in [5, 5.41) is 11.4. The van der Waals surface area contributed by atoms with Crippen LogP contribution in [0.5, 0.6) is 5.88 Å². The zero-order valence-corrected chi connectivity index (χ0v) is 19.0. The summed E-state index contributed by atoms with van der Waals surface area (Å²) in [4.78, 5) is 34.3. The molecule has 0 bridgehead atoms. The first-order chi connectivity index (χ1) is 15.9. The van der Waals surface area contributed by atoms with Gasteiger partial charge in [0, 0.05) is 37.5 Å². The SMILES string of the molecule is Cc1cc(OCCCc2c(C(=O)NC3CC3)nnn2-c2ccc(C=O)cc2)nc(N(C)C)n1. The van der Waals surface area contributed by atoms with E-state index in [1.165, 1.54) is 0 Å². The van der Waals surface area contributed by atoms with Gasteiger partial charge in [-0.05, 0) is 56.9 Å². The topological polar surface area (TPSA) is 115 Å². The zero-order chi connectivity index (χ0) is 23.4. The van der Waals surface area contributed by atoms with Crippen LogP contribution in [0.4, 0.5) is 5.95 Å². The summed E-state index contributed by atoms with van der Waals surface area (Å²) in [6.07, 6.45) is 3.92. The Morgan fingerprint density at radius 1 is 1.24 bits per heavy atom. The Morgan fingerprint density at radius 3 is 2.67 bits per heavy atom. The van der Waals surface area contributed by atoms with E-state index in [1.807, 2.05) is 25.9 Å².